The molecule has 120 valence electrons. The number of nitrogens with zero attached hydrogens (tertiary/aromatic N) is 1. The van der Waals surface area contributed by atoms with Gasteiger partial charge in [-0.15, -0.1) is 0 Å². The molecule has 0 saturated carbocycles. The number of carbonyl (C=O) groups is 1. The Hall–Kier alpha value is -2.56. The number of hydrogen-bond acceptors (Lipinski definition) is 2. The number of anilines is 1. The number of nitrogens with one attached hydrogen (secondary N) is 1. The molecule has 1 aliphatic heterocycles. The molecule has 2 aromatic carbocycles. The molecule has 0 radical (unpaired) electrons. The van der Waals surface area contributed by atoms with Crippen LogP contribution in [0.5, 0.6) is 5.75 Å². The lowest BCUT2D eigenvalue weighted by Gasteiger charge is -2.25. The number of likely N-dealkylation sites (tertiary alicyclic amines) is 1. The van der Waals surface area contributed by atoms with Crippen LogP contribution in [0.15, 0.2) is 48.5 Å². The van der Waals surface area contributed by atoms with Crippen molar-refractivity contribution in [2.75, 3.05) is 19.0 Å². The molecule has 2 aromatic rings. The lowest BCUT2D eigenvalue weighted by molar-refractivity contribution is 0.206. The maximum absolute atomic E-state index is 14.0. The molecule has 2 amide bonds. The Kier molecular flexibility index (Phi) is 4.46. The van der Waals surface area contributed by atoms with Gasteiger partial charge in [0.05, 0.1) is 13.2 Å². The van der Waals surface area contributed by atoms with Gasteiger partial charge in [-0.1, -0.05) is 24.3 Å². The van der Waals surface area contributed by atoms with Crippen molar-refractivity contribution < 1.29 is 13.9 Å². The molecule has 0 bridgehead atoms. The Labute approximate surface area is 134 Å². The first-order valence-corrected chi connectivity index (χ1v) is 7.65. The molecular formula is C18H19FN2O2. The standard InChI is InChI=1S/C18H19FN2O2/c1-23-14-7-4-6-13(12-14)20-18(22)21-11-5-10-17(21)15-8-2-3-9-16(15)19/h2-4,6-9,12,17H,5,10-11H2,1H3,(H,20,22)/t17-/m1/s1. The third kappa shape index (κ3) is 3.28. The number of amides is 2. The van der Waals surface area contributed by atoms with E-state index in [2.05, 4.69) is 5.32 Å². The van der Waals surface area contributed by atoms with Gasteiger partial charge in [0.25, 0.3) is 0 Å². The normalized spacial score (nSPS) is 17.1. The van der Waals surface area contributed by atoms with E-state index in [9.17, 15) is 9.18 Å². The molecule has 23 heavy (non-hydrogen) atoms. The molecule has 4 nitrogen and oxygen atoms in total. The molecule has 5 heteroatoms. The summed E-state index contributed by atoms with van der Waals surface area (Å²) in [5, 5.41) is 2.86. The van der Waals surface area contributed by atoms with Gasteiger partial charge in [0.1, 0.15) is 11.6 Å². The molecule has 0 aliphatic carbocycles. The van der Waals surface area contributed by atoms with Gasteiger partial charge in [-0.25, -0.2) is 9.18 Å². The van der Waals surface area contributed by atoms with E-state index in [1.54, 1.807) is 42.3 Å². The van der Waals surface area contributed by atoms with Crippen LogP contribution >= 0.6 is 0 Å². The molecular weight excluding hydrogens is 295 g/mol. The first-order valence-electron chi connectivity index (χ1n) is 7.65. The molecule has 3 rings (SSSR count). The molecule has 0 aromatic heterocycles. The second-order valence-electron chi connectivity index (χ2n) is 5.54. The van der Waals surface area contributed by atoms with Gasteiger partial charge in [0.15, 0.2) is 0 Å². The summed E-state index contributed by atoms with van der Waals surface area (Å²) in [5.41, 5.74) is 1.24. The van der Waals surface area contributed by atoms with Gasteiger partial charge in [0.2, 0.25) is 0 Å². The van der Waals surface area contributed by atoms with Crippen LogP contribution < -0.4 is 10.1 Å². The molecule has 0 unspecified atom stereocenters. The average Bonchev–Trinajstić information content (AvgIpc) is 3.05. The summed E-state index contributed by atoms with van der Waals surface area (Å²) in [7, 11) is 1.58. The van der Waals surface area contributed by atoms with Crippen LogP contribution in [0.1, 0.15) is 24.4 Å². The number of urea groups is 1. The molecule has 1 heterocycles. The summed E-state index contributed by atoms with van der Waals surface area (Å²) in [5.74, 6) is 0.411. The second-order valence-corrected chi connectivity index (χ2v) is 5.54. The van der Waals surface area contributed by atoms with E-state index >= 15 is 0 Å². The second kappa shape index (κ2) is 6.69. The van der Waals surface area contributed by atoms with Gasteiger partial charge in [0, 0.05) is 23.9 Å². The van der Waals surface area contributed by atoms with Crippen LogP contribution in [0.25, 0.3) is 0 Å². The van der Waals surface area contributed by atoms with Crippen molar-refractivity contribution in [3.05, 3.63) is 59.9 Å². The van der Waals surface area contributed by atoms with Gasteiger partial charge >= 0.3 is 6.03 Å². The lowest BCUT2D eigenvalue weighted by atomic mass is 10.0. The predicted octanol–water partition coefficient (Wildman–Crippen LogP) is 4.20. The Balaban J connectivity index is 1.77. The number of benzene rings is 2. The van der Waals surface area contributed by atoms with Crippen molar-refractivity contribution in [3.8, 4) is 5.75 Å². The largest absolute Gasteiger partial charge is 0.497 e. The van der Waals surface area contributed by atoms with Gasteiger partial charge in [-0.05, 0) is 31.0 Å². The number of carbonyl (C=O) groups excluding carboxylic acids is 1. The van der Waals surface area contributed by atoms with Gasteiger partial charge in [-0.3, -0.25) is 0 Å². The predicted molar refractivity (Wildman–Crippen MR) is 87.1 cm³/mol. The summed E-state index contributed by atoms with van der Waals surface area (Å²) in [6, 6.07) is 13.4. The van der Waals surface area contributed by atoms with E-state index in [0.29, 0.717) is 23.5 Å². The minimum absolute atomic E-state index is 0.219. The van der Waals surface area contributed by atoms with Crippen LogP contribution in [-0.2, 0) is 0 Å². The Morgan fingerprint density at radius 2 is 2.09 bits per heavy atom. The van der Waals surface area contributed by atoms with Crippen molar-refractivity contribution in [1.82, 2.24) is 4.90 Å². The summed E-state index contributed by atoms with van der Waals surface area (Å²) in [4.78, 5) is 14.3. The van der Waals surface area contributed by atoms with Crippen LogP contribution in [0.2, 0.25) is 0 Å². The quantitative estimate of drug-likeness (QED) is 0.922. The van der Waals surface area contributed by atoms with E-state index < -0.39 is 0 Å². The third-order valence-electron chi connectivity index (χ3n) is 4.10. The highest BCUT2D eigenvalue weighted by Crippen LogP contribution is 2.33. The monoisotopic (exact) mass is 314 g/mol. The van der Waals surface area contributed by atoms with Crippen LogP contribution in [0.3, 0.4) is 0 Å². The highest BCUT2D eigenvalue weighted by molar-refractivity contribution is 5.90. The van der Waals surface area contributed by atoms with Crippen molar-refractivity contribution in [2.45, 2.75) is 18.9 Å². The number of methoxy groups -OCH3 is 1. The van der Waals surface area contributed by atoms with Crippen molar-refractivity contribution in [1.29, 1.82) is 0 Å². The van der Waals surface area contributed by atoms with E-state index in [1.807, 2.05) is 12.1 Å². The summed E-state index contributed by atoms with van der Waals surface area (Å²) in [6.07, 6.45) is 1.64. The summed E-state index contributed by atoms with van der Waals surface area (Å²) >= 11 is 0. The maximum Gasteiger partial charge on any atom is 0.322 e. The van der Waals surface area contributed by atoms with Crippen molar-refractivity contribution >= 4 is 11.7 Å². The highest BCUT2D eigenvalue weighted by Gasteiger charge is 2.31. The van der Waals surface area contributed by atoms with Crippen molar-refractivity contribution in [3.63, 3.8) is 0 Å². The average molecular weight is 314 g/mol. The number of halogens is 1. The van der Waals surface area contributed by atoms with E-state index in [-0.39, 0.29) is 17.9 Å². The molecule has 1 N–H and O–H groups in total. The minimum atomic E-state index is -0.265. The molecule has 1 atom stereocenters. The van der Waals surface area contributed by atoms with E-state index in [1.165, 1.54) is 6.07 Å². The molecule has 1 fully saturated rings. The first-order chi connectivity index (χ1) is 11.2. The van der Waals surface area contributed by atoms with Crippen LogP contribution in [0.4, 0.5) is 14.9 Å². The Morgan fingerprint density at radius 1 is 1.26 bits per heavy atom. The lowest BCUT2D eigenvalue weighted by Crippen LogP contribution is -2.34. The van der Waals surface area contributed by atoms with E-state index in [4.69, 9.17) is 4.74 Å². The fourth-order valence-electron chi connectivity index (χ4n) is 2.97. The molecule has 1 aliphatic rings. The van der Waals surface area contributed by atoms with Crippen LogP contribution in [0, 0.1) is 5.82 Å². The minimum Gasteiger partial charge on any atom is -0.497 e. The molecule has 0 spiro atoms. The fourth-order valence-corrected chi connectivity index (χ4v) is 2.97. The number of hydrogen-bond donors (Lipinski definition) is 1. The summed E-state index contributed by atoms with van der Waals surface area (Å²) < 4.78 is 19.2. The number of rotatable bonds is 3. The smallest absolute Gasteiger partial charge is 0.322 e. The zero-order valence-electron chi connectivity index (χ0n) is 13.0. The third-order valence-corrected chi connectivity index (χ3v) is 4.10. The Bertz CT molecular complexity index is 705. The van der Waals surface area contributed by atoms with Crippen molar-refractivity contribution in [2.24, 2.45) is 0 Å². The highest BCUT2D eigenvalue weighted by atomic mass is 19.1. The zero-order valence-corrected chi connectivity index (χ0v) is 13.0. The SMILES string of the molecule is COc1cccc(NC(=O)N2CCC[C@@H]2c2ccccc2F)c1. The maximum atomic E-state index is 14.0. The van der Waals surface area contributed by atoms with Gasteiger partial charge in [-0.2, -0.15) is 0 Å². The zero-order chi connectivity index (χ0) is 16.2. The topological polar surface area (TPSA) is 41.6 Å². The van der Waals surface area contributed by atoms with Crippen LogP contribution in [-0.4, -0.2) is 24.6 Å². The van der Waals surface area contributed by atoms with E-state index in [0.717, 1.165) is 12.8 Å². The Morgan fingerprint density at radius 3 is 2.87 bits per heavy atom. The first kappa shape index (κ1) is 15.3. The summed E-state index contributed by atoms with van der Waals surface area (Å²) in [6.45, 7) is 0.620. The molecule has 1 saturated heterocycles. The fraction of sp³-hybridized carbons (Fsp3) is 0.278. The van der Waals surface area contributed by atoms with Gasteiger partial charge < -0.3 is 15.0 Å². The number of ether oxygens (including phenoxy) is 1.